The van der Waals surface area contributed by atoms with Gasteiger partial charge in [-0.05, 0) is 37.2 Å². The van der Waals surface area contributed by atoms with E-state index in [0.717, 1.165) is 30.5 Å². The minimum Gasteiger partial charge on any atom is -0.465 e. The third-order valence-electron chi connectivity index (χ3n) is 2.86. The van der Waals surface area contributed by atoms with Gasteiger partial charge in [-0.15, -0.1) is 0 Å². The molecule has 0 amide bonds. The Hall–Kier alpha value is -0.870. The van der Waals surface area contributed by atoms with E-state index in [9.17, 15) is 4.79 Å². The molecule has 1 aromatic rings. The minimum absolute atomic E-state index is 0.303. The molecule has 1 aromatic carbocycles. The summed E-state index contributed by atoms with van der Waals surface area (Å²) in [6, 6.07) is 5.61. The molecule has 0 saturated heterocycles. The quantitative estimate of drug-likeness (QED) is 0.753. The second kappa shape index (κ2) is 7.54. The number of hydrogen-bond acceptors (Lipinski definition) is 3. The number of benzene rings is 1. The van der Waals surface area contributed by atoms with Gasteiger partial charge in [0.25, 0.3) is 0 Å². The monoisotopic (exact) mass is 313 g/mol. The van der Waals surface area contributed by atoms with Gasteiger partial charge in [0.1, 0.15) is 0 Å². The minimum atomic E-state index is -0.303. The number of methoxy groups -OCH3 is 1. The van der Waals surface area contributed by atoms with E-state index >= 15 is 0 Å². The number of carbonyl (C=O) groups is 1. The summed E-state index contributed by atoms with van der Waals surface area (Å²) >= 11 is 3.52. The Kier molecular flexibility index (Phi) is 6.36. The third-order valence-corrected chi connectivity index (χ3v) is 3.59. The van der Waals surface area contributed by atoms with Crippen molar-refractivity contribution in [2.24, 2.45) is 0 Å². The summed E-state index contributed by atoms with van der Waals surface area (Å²) in [5.74, 6) is -0.303. The van der Waals surface area contributed by atoms with Gasteiger partial charge in [-0.3, -0.25) is 4.90 Å². The van der Waals surface area contributed by atoms with E-state index in [2.05, 4.69) is 34.7 Å². The Balaban J connectivity index is 2.82. The molecule has 0 aliphatic heterocycles. The average Bonchev–Trinajstić information content (AvgIpc) is 2.39. The van der Waals surface area contributed by atoms with Crippen LogP contribution in [0.4, 0.5) is 0 Å². The highest BCUT2D eigenvalue weighted by Gasteiger charge is 2.10. The molecule has 100 valence electrons. The van der Waals surface area contributed by atoms with Crippen molar-refractivity contribution in [3.8, 4) is 0 Å². The molecule has 4 heteroatoms. The lowest BCUT2D eigenvalue weighted by molar-refractivity contribution is 0.0600. The van der Waals surface area contributed by atoms with Crippen molar-refractivity contribution in [2.45, 2.75) is 26.8 Å². The molecule has 0 aromatic heterocycles. The summed E-state index contributed by atoms with van der Waals surface area (Å²) in [5, 5.41) is 0. The van der Waals surface area contributed by atoms with Crippen LogP contribution in [0.2, 0.25) is 0 Å². The maximum Gasteiger partial charge on any atom is 0.337 e. The van der Waals surface area contributed by atoms with Crippen molar-refractivity contribution in [3.63, 3.8) is 0 Å². The number of carbonyl (C=O) groups excluding carboxylic acids is 1. The van der Waals surface area contributed by atoms with Crippen LogP contribution in [0.15, 0.2) is 22.7 Å². The highest BCUT2D eigenvalue weighted by atomic mass is 79.9. The van der Waals surface area contributed by atoms with Gasteiger partial charge in [0.2, 0.25) is 0 Å². The van der Waals surface area contributed by atoms with Crippen LogP contribution in [0.5, 0.6) is 0 Å². The Morgan fingerprint density at radius 3 is 2.61 bits per heavy atom. The smallest absolute Gasteiger partial charge is 0.337 e. The van der Waals surface area contributed by atoms with Crippen LogP contribution >= 0.6 is 15.9 Å². The maximum absolute atomic E-state index is 11.4. The third kappa shape index (κ3) is 4.10. The number of halogens is 1. The molecule has 0 fully saturated rings. The van der Waals surface area contributed by atoms with Crippen molar-refractivity contribution in [3.05, 3.63) is 33.8 Å². The van der Waals surface area contributed by atoms with Gasteiger partial charge in [-0.1, -0.05) is 35.8 Å². The number of esters is 1. The zero-order valence-electron chi connectivity index (χ0n) is 11.2. The van der Waals surface area contributed by atoms with E-state index in [-0.39, 0.29) is 5.97 Å². The van der Waals surface area contributed by atoms with Gasteiger partial charge in [0.15, 0.2) is 0 Å². The zero-order valence-corrected chi connectivity index (χ0v) is 12.8. The first-order valence-corrected chi connectivity index (χ1v) is 7.00. The highest BCUT2D eigenvalue weighted by Crippen LogP contribution is 2.21. The fourth-order valence-corrected chi connectivity index (χ4v) is 2.33. The van der Waals surface area contributed by atoms with Crippen molar-refractivity contribution < 1.29 is 9.53 Å². The molecule has 0 saturated carbocycles. The molecule has 0 aliphatic carbocycles. The molecular weight excluding hydrogens is 294 g/mol. The molecule has 0 radical (unpaired) electrons. The van der Waals surface area contributed by atoms with Crippen molar-refractivity contribution in [1.29, 1.82) is 0 Å². The first-order chi connectivity index (χ1) is 8.62. The van der Waals surface area contributed by atoms with Crippen LogP contribution in [-0.4, -0.2) is 31.1 Å². The SMILES string of the molecule is CCCN(CC)Cc1ccc(C(=O)OC)cc1Br. The average molecular weight is 314 g/mol. The molecule has 0 N–H and O–H groups in total. The van der Waals surface area contributed by atoms with E-state index in [0.29, 0.717) is 5.56 Å². The summed E-state index contributed by atoms with van der Waals surface area (Å²) in [6.45, 7) is 7.34. The van der Waals surface area contributed by atoms with Gasteiger partial charge >= 0.3 is 5.97 Å². The van der Waals surface area contributed by atoms with Crippen LogP contribution in [0.25, 0.3) is 0 Å². The predicted octanol–water partition coefficient (Wildman–Crippen LogP) is 3.47. The van der Waals surface area contributed by atoms with Crippen molar-refractivity contribution in [2.75, 3.05) is 20.2 Å². The highest BCUT2D eigenvalue weighted by molar-refractivity contribution is 9.10. The summed E-state index contributed by atoms with van der Waals surface area (Å²) < 4.78 is 5.66. The molecule has 0 aliphatic rings. The van der Waals surface area contributed by atoms with E-state index in [1.165, 1.54) is 12.7 Å². The fourth-order valence-electron chi connectivity index (χ4n) is 1.83. The fraction of sp³-hybridized carbons (Fsp3) is 0.500. The normalized spacial score (nSPS) is 10.7. The first-order valence-electron chi connectivity index (χ1n) is 6.21. The molecule has 0 spiro atoms. The Labute approximate surface area is 117 Å². The van der Waals surface area contributed by atoms with Crippen LogP contribution in [0, 0.1) is 0 Å². The van der Waals surface area contributed by atoms with Gasteiger partial charge < -0.3 is 4.74 Å². The van der Waals surface area contributed by atoms with Crippen LogP contribution in [-0.2, 0) is 11.3 Å². The molecule has 0 bridgehead atoms. The number of hydrogen-bond donors (Lipinski definition) is 0. The Morgan fingerprint density at radius 2 is 2.11 bits per heavy atom. The molecule has 0 unspecified atom stereocenters. The number of rotatable bonds is 6. The Morgan fingerprint density at radius 1 is 1.39 bits per heavy atom. The predicted molar refractivity (Wildman–Crippen MR) is 76.7 cm³/mol. The van der Waals surface area contributed by atoms with Gasteiger partial charge in [-0.25, -0.2) is 4.79 Å². The lowest BCUT2D eigenvalue weighted by atomic mass is 10.1. The van der Waals surface area contributed by atoms with Crippen molar-refractivity contribution >= 4 is 21.9 Å². The second-order valence-electron chi connectivity index (χ2n) is 4.17. The molecule has 0 atom stereocenters. The molecule has 1 rings (SSSR count). The van der Waals surface area contributed by atoms with E-state index in [1.54, 1.807) is 0 Å². The van der Waals surface area contributed by atoms with E-state index < -0.39 is 0 Å². The summed E-state index contributed by atoms with van der Waals surface area (Å²) in [5.41, 5.74) is 1.77. The van der Waals surface area contributed by atoms with Gasteiger partial charge in [0.05, 0.1) is 12.7 Å². The van der Waals surface area contributed by atoms with E-state index in [1.807, 2.05) is 18.2 Å². The topological polar surface area (TPSA) is 29.5 Å². The summed E-state index contributed by atoms with van der Waals surface area (Å²) in [7, 11) is 1.39. The molecule has 0 heterocycles. The molecule has 3 nitrogen and oxygen atoms in total. The first kappa shape index (κ1) is 15.2. The Bertz CT molecular complexity index is 407. The standard InChI is InChI=1S/C14H20BrNO2/c1-4-8-16(5-2)10-12-7-6-11(9-13(12)15)14(17)18-3/h6-7,9H,4-5,8,10H2,1-3H3. The molecular formula is C14H20BrNO2. The molecule has 18 heavy (non-hydrogen) atoms. The van der Waals surface area contributed by atoms with Crippen LogP contribution < -0.4 is 0 Å². The lowest BCUT2D eigenvalue weighted by Crippen LogP contribution is -2.23. The lowest BCUT2D eigenvalue weighted by Gasteiger charge is -2.20. The van der Waals surface area contributed by atoms with Gasteiger partial charge in [0, 0.05) is 11.0 Å². The maximum atomic E-state index is 11.4. The van der Waals surface area contributed by atoms with Crippen LogP contribution in [0.1, 0.15) is 36.2 Å². The second-order valence-corrected chi connectivity index (χ2v) is 5.02. The number of nitrogens with zero attached hydrogens (tertiary/aromatic N) is 1. The summed E-state index contributed by atoms with van der Waals surface area (Å²) in [4.78, 5) is 13.8. The van der Waals surface area contributed by atoms with Crippen molar-refractivity contribution in [1.82, 2.24) is 4.90 Å². The zero-order chi connectivity index (χ0) is 13.5. The van der Waals surface area contributed by atoms with Crippen LogP contribution in [0.3, 0.4) is 0 Å². The largest absolute Gasteiger partial charge is 0.465 e. The van der Waals surface area contributed by atoms with Gasteiger partial charge in [-0.2, -0.15) is 0 Å². The summed E-state index contributed by atoms with van der Waals surface area (Å²) in [6.07, 6.45) is 1.14. The number of ether oxygens (including phenoxy) is 1. The van der Waals surface area contributed by atoms with E-state index in [4.69, 9.17) is 4.74 Å².